The van der Waals surface area contributed by atoms with Gasteiger partial charge < -0.3 is 10.2 Å². The fourth-order valence-electron chi connectivity index (χ4n) is 3.77. The molecule has 1 saturated carbocycles. The number of carbonyl (C=O) groups is 2. The van der Waals surface area contributed by atoms with Gasteiger partial charge in [0, 0.05) is 30.4 Å². The van der Waals surface area contributed by atoms with E-state index in [1.807, 2.05) is 6.92 Å². The topological polar surface area (TPSA) is 96.4 Å². The highest BCUT2D eigenvalue weighted by molar-refractivity contribution is 7.91. The summed E-state index contributed by atoms with van der Waals surface area (Å²) >= 11 is 0. The van der Waals surface area contributed by atoms with Crippen LogP contribution in [0.5, 0.6) is 0 Å². The SMILES string of the molecule is CCN(C(=O)c1ccnc(C(=O)NC2CCCC2)c1)C1CCS(=O)(=O)C1. The molecule has 1 aliphatic carbocycles. The van der Waals surface area contributed by atoms with Crippen molar-refractivity contribution >= 4 is 21.7 Å². The van der Waals surface area contributed by atoms with E-state index in [-0.39, 0.29) is 41.1 Å². The average Bonchev–Trinajstić information content (AvgIpc) is 3.25. The Kier molecular flexibility index (Phi) is 5.60. The maximum atomic E-state index is 12.9. The van der Waals surface area contributed by atoms with Gasteiger partial charge in [0.1, 0.15) is 5.69 Å². The molecule has 3 rings (SSSR count). The van der Waals surface area contributed by atoms with E-state index in [1.54, 1.807) is 11.0 Å². The molecule has 2 amide bonds. The first-order valence-corrected chi connectivity index (χ1v) is 11.0. The first-order valence-electron chi connectivity index (χ1n) is 9.18. The van der Waals surface area contributed by atoms with E-state index in [9.17, 15) is 18.0 Å². The van der Waals surface area contributed by atoms with E-state index >= 15 is 0 Å². The summed E-state index contributed by atoms with van der Waals surface area (Å²) in [5, 5.41) is 2.96. The number of aromatic nitrogens is 1. The normalized spacial score (nSPS) is 22.3. The molecule has 8 heteroatoms. The van der Waals surface area contributed by atoms with Crippen LogP contribution in [-0.2, 0) is 9.84 Å². The highest BCUT2D eigenvalue weighted by Crippen LogP contribution is 2.21. The highest BCUT2D eigenvalue weighted by Gasteiger charge is 2.34. The summed E-state index contributed by atoms with van der Waals surface area (Å²) < 4.78 is 23.5. The molecule has 1 unspecified atom stereocenters. The zero-order valence-corrected chi connectivity index (χ0v) is 15.8. The van der Waals surface area contributed by atoms with Crippen molar-refractivity contribution in [1.29, 1.82) is 0 Å². The van der Waals surface area contributed by atoms with Crippen molar-refractivity contribution in [1.82, 2.24) is 15.2 Å². The quantitative estimate of drug-likeness (QED) is 0.834. The minimum absolute atomic E-state index is 0.00663. The molecule has 2 heterocycles. The first-order chi connectivity index (χ1) is 12.4. The maximum absolute atomic E-state index is 12.9. The number of sulfone groups is 1. The molecule has 7 nitrogen and oxygen atoms in total. The molecule has 26 heavy (non-hydrogen) atoms. The van der Waals surface area contributed by atoms with Crippen molar-refractivity contribution < 1.29 is 18.0 Å². The number of nitrogens with zero attached hydrogens (tertiary/aromatic N) is 2. The molecule has 0 radical (unpaired) electrons. The van der Waals surface area contributed by atoms with E-state index in [2.05, 4.69) is 10.3 Å². The van der Waals surface area contributed by atoms with Crippen molar-refractivity contribution in [2.45, 2.75) is 51.1 Å². The Morgan fingerprint density at radius 3 is 2.62 bits per heavy atom. The van der Waals surface area contributed by atoms with E-state index < -0.39 is 9.84 Å². The lowest BCUT2D eigenvalue weighted by atomic mass is 10.1. The Balaban J connectivity index is 1.73. The van der Waals surface area contributed by atoms with Crippen molar-refractivity contribution in [3.63, 3.8) is 0 Å². The molecular weight excluding hydrogens is 354 g/mol. The van der Waals surface area contributed by atoms with Gasteiger partial charge in [-0.1, -0.05) is 12.8 Å². The van der Waals surface area contributed by atoms with E-state index in [1.165, 1.54) is 12.3 Å². The van der Waals surface area contributed by atoms with Crippen LogP contribution in [-0.4, -0.2) is 60.3 Å². The fraction of sp³-hybridized carbons (Fsp3) is 0.611. The number of rotatable bonds is 5. The number of hydrogen-bond acceptors (Lipinski definition) is 5. The van der Waals surface area contributed by atoms with Gasteiger partial charge in [-0.15, -0.1) is 0 Å². The third-order valence-electron chi connectivity index (χ3n) is 5.18. The van der Waals surface area contributed by atoms with Crippen LogP contribution in [0.3, 0.4) is 0 Å². The third kappa shape index (κ3) is 4.23. The minimum Gasteiger partial charge on any atom is -0.348 e. The Bertz CT molecular complexity index is 787. The summed E-state index contributed by atoms with van der Waals surface area (Å²) in [5.41, 5.74) is 0.584. The van der Waals surface area contributed by atoms with Crippen molar-refractivity contribution in [2.75, 3.05) is 18.1 Å². The Labute approximate surface area is 154 Å². The molecule has 1 aliphatic heterocycles. The van der Waals surface area contributed by atoms with Crippen LogP contribution in [0.15, 0.2) is 18.3 Å². The summed E-state index contributed by atoms with van der Waals surface area (Å²) in [7, 11) is -3.07. The van der Waals surface area contributed by atoms with Gasteiger partial charge in [-0.25, -0.2) is 8.42 Å². The van der Waals surface area contributed by atoms with Crippen LogP contribution < -0.4 is 5.32 Å². The van der Waals surface area contributed by atoms with Gasteiger partial charge in [0.25, 0.3) is 11.8 Å². The second kappa shape index (κ2) is 7.73. The molecule has 1 aromatic heterocycles. The number of pyridine rings is 1. The van der Waals surface area contributed by atoms with E-state index in [0.29, 0.717) is 18.5 Å². The number of amides is 2. The maximum Gasteiger partial charge on any atom is 0.270 e. The summed E-state index contributed by atoms with van der Waals surface area (Å²) in [6, 6.07) is 2.94. The molecule has 0 spiro atoms. The van der Waals surface area contributed by atoms with Crippen molar-refractivity contribution in [3.8, 4) is 0 Å². The summed E-state index contributed by atoms with van der Waals surface area (Å²) in [4.78, 5) is 30.9. The van der Waals surface area contributed by atoms with Gasteiger partial charge >= 0.3 is 0 Å². The summed E-state index contributed by atoms with van der Waals surface area (Å²) in [6.45, 7) is 2.25. The molecule has 0 bridgehead atoms. The van der Waals surface area contributed by atoms with Crippen LogP contribution in [0.4, 0.5) is 0 Å². The van der Waals surface area contributed by atoms with Crippen molar-refractivity contribution in [3.05, 3.63) is 29.6 Å². The van der Waals surface area contributed by atoms with Gasteiger partial charge in [0.2, 0.25) is 0 Å². The van der Waals surface area contributed by atoms with Gasteiger partial charge in [0.05, 0.1) is 11.5 Å². The standard InChI is InChI=1S/C18H25N3O4S/c1-2-21(15-8-10-26(24,25)12-15)18(23)13-7-9-19-16(11-13)17(22)20-14-5-3-4-6-14/h7,9,11,14-15H,2-6,8,10,12H2,1H3,(H,20,22). The monoisotopic (exact) mass is 379 g/mol. The molecule has 1 N–H and O–H groups in total. The Morgan fingerprint density at radius 2 is 2.00 bits per heavy atom. The molecule has 1 aromatic rings. The zero-order valence-electron chi connectivity index (χ0n) is 15.0. The first kappa shape index (κ1) is 18.8. The Hall–Kier alpha value is -1.96. The molecule has 1 saturated heterocycles. The molecule has 2 fully saturated rings. The summed E-state index contributed by atoms with van der Waals surface area (Å²) in [5.74, 6) is -0.399. The summed E-state index contributed by atoms with van der Waals surface area (Å²) in [6.07, 6.45) is 6.10. The van der Waals surface area contributed by atoms with Crippen LogP contribution in [0.2, 0.25) is 0 Å². The second-order valence-electron chi connectivity index (χ2n) is 7.03. The highest BCUT2D eigenvalue weighted by atomic mass is 32.2. The molecule has 0 aromatic carbocycles. The van der Waals surface area contributed by atoms with Gasteiger partial charge in [-0.05, 0) is 38.3 Å². The Morgan fingerprint density at radius 1 is 1.27 bits per heavy atom. The van der Waals surface area contributed by atoms with Crippen LogP contribution in [0, 0.1) is 0 Å². The lowest BCUT2D eigenvalue weighted by Crippen LogP contribution is -2.41. The van der Waals surface area contributed by atoms with Gasteiger partial charge in [-0.3, -0.25) is 14.6 Å². The van der Waals surface area contributed by atoms with E-state index in [4.69, 9.17) is 0 Å². The van der Waals surface area contributed by atoms with Crippen LogP contribution in [0.1, 0.15) is 59.9 Å². The average molecular weight is 379 g/mol. The minimum atomic E-state index is -3.07. The lowest BCUT2D eigenvalue weighted by Gasteiger charge is -2.27. The fourth-order valence-corrected chi connectivity index (χ4v) is 5.50. The zero-order chi connectivity index (χ0) is 18.7. The van der Waals surface area contributed by atoms with Crippen LogP contribution >= 0.6 is 0 Å². The largest absolute Gasteiger partial charge is 0.348 e. The van der Waals surface area contributed by atoms with Gasteiger partial charge in [0.15, 0.2) is 9.84 Å². The lowest BCUT2D eigenvalue weighted by molar-refractivity contribution is 0.0708. The number of hydrogen-bond donors (Lipinski definition) is 1. The van der Waals surface area contributed by atoms with Crippen molar-refractivity contribution in [2.24, 2.45) is 0 Å². The molecule has 2 aliphatic rings. The predicted octanol–water partition coefficient (Wildman–Crippen LogP) is 1.40. The predicted molar refractivity (Wildman–Crippen MR) is 97.7 cm³/mol. The molecule has 142 valence electrons. The molecule has 1 atom stereocenters. The second-order valence-corrected chi connectivity index (χ2v) is 9.26. The van der Waals surface area contributed by atoms with Gasteiger partial charge in [-0.2, -0.15) is 0 Å². The van der Waals surface area contributed by atoms with Crippen LogP contribution in [0.25, 0.3) is 0 Å². The number of carbonyl (C=O) groups excluding carboxylic acids is 2. The third-order valence-corrected chi connectivity index (χ3v) is 6.93. The molecular formula is C18H25N3O4S. The number of nitrogens with one attached hydrogen (secondary N) is 1. The smallest absolute Gasteiger partial charge is 0.270 e. The van der Waals surface area contributed by atoms with E-state index in [0.717, 1.165) is 25.7 Å².